The molecule has 0 aromatic carbocycles. The molecular weight excluding hydrogens is 140 g/mol. The Balaban J connectivity index is 2.31. The molecule has 11 heavy (non-hydrogen) atoms. The highest BCUT2D eigenvalue weighted by molar-refractivity contribution is 5.57. The number of hydrazine groups is 1. The summed E-state index contributed by atoms with van der Waals surface area (Å²) in [5, 5.41) is 1.86. The van der Waals surface area contributed by atoms with Crippen LogP contribution in [0.3, 0.4) is 0 Å². The summed E-state index contributed by atoms with van der Waals surface area (Å²) in [7, 11) is 0. The number of nitrogens with two attached hydrogens (primary N) is 1. The Morgan fingerprint density at radius 3 is 3.36 bits per heavy atom. The fraction of sp³-hybridized carbons (Fsp3) is 0.286. The molecule has 3 N–H and O–H groups in total. The van der Waals surface area contributed by atoms with Crippen LogP contribution in [0, 0.1) is 0 Å². The largest absolute Gasteiger partial charge is 0.397 e. The Hall–Kier alpha value is -1.45. The van der Waals surface area contributed by atoms with E-state index in [4.69, 9.17) is 5.73 Å². The van der Waals surface area contributed by atoms with E-state index in [9.17, 15) is 0 Å². The Morgan fingerprint density at radius 1 is 1.73 bits per heavy atom. The quantitative estimate of drug-likeness (QED) is 0.508. The predicted octanol–water partition coefficient (Wildman–Crippen LogP) is -0.0790. The van der Waals surface area contributed by atoms with Gasteiger partial charge in [-0.2, -0.15) is 0 Å². The predicted molar refractivity (Wildman–Crippen MR) is 43.3 cm³/mol. The molecule has 1 atom stereocenters. The van der Waals surface area contributed by atoms with Crippen molar-refractivity contribution in [2.45, 2.75) is 13.1 Å². The number of fused-ring (bicyclic) bond motifs is 1. The zero-order valence-corrected chi connectivity index (χ0v) is 6.28. The summed E-state index contributed by atoms with van der Waals surface area (Å²) < 4.78 is 0. The number of nitrogens with zero attached hydrogens (tertiary/aromatic N) is 2. The normalized spacial score (nSPS) is 27.4. The van der Waals surface area contributed by atoms with Gasteiger partial charge in [0.15, 0.2) is 6.17 Å². The van der Waals surface area contributed by atoms with Gasteiger partial charge in [-0.05, 0) is 18.6 Å². The van der Waals surface area contributed by atoms with Crippen molar-refractivity contribution in [3.63, 3.8) is 0 Å². The van der Waals surface area contributed by atoms with Gasteiger partial charge in [0.1, 0.15) is 6.34 Å². The van der Waals surface area contributed by atoms with Crippen LogP contribution in [0.4, 0.5) is 0 Å². The van der Waals surface area contributed by atoms with Crippen LogP contribution in [0.2, 0.25) is 0 Å². The number of rotatable bonds is 0. The maximum atomic E-state index is 5.69. The highest BCUT2D eigenvalue weighted by atomic mass is 15.6. The van der Waals surface area contributed by atoms with Gasteiger partial charge in [-0.1, -0.05) is 0 Å². The third-order valence-electron chi connectivity index (χ3n) is 1.85. The minimum absolute atomic E-state index is 0.0994. The topological polar surface area (TPSA) is 53.7 Å². The van der Waals surface area contributed by atoms with Crippen LogP contribution in [0.5, 0.6) is 0 Å². The number of hydrogen-bond donors (Lipinski definition) is 2. The second-order valence-electron chi connectivity index (χ2n) is 2.66. The first-order chi connectivity index (χ1) is 5.27. The summed E-state index contributed by atoms with van der Waals surface area (Å²) in [4.78, 5) is 4.16. The number of hydrogen-bond acceptors (Lipinski definition) is 4. The molecule has 0 saturated carbocycles. The van der Waals surface area contributed by atoms with E-state index in [-0.39, 0.29) is 6.17 Å². The molecule has 0 amide bonds. The lowest BCUT2D eigenvalue weighted by Crippen LogP contribution is -2.35. The molecule has 0 aliphatic carbocycles. The van der Waals surface area contributed by atoms with E-state index in [0.29, 0.717) is 0 Å². The average Bonchev–Trinajstić information content (AvgIpc) is 2.36. The van der Waals surface area contributed by atoms with Crippen molar-refractivity contribution in [1.82, 2.24) is 10.4 Å². The van der Waals surface area contributed by atoms with Crippen molar-refractivity contribution in [1.29, 1.82) is 0 Å². The van der Waals surface area contributed by atoms with Gasteiger partial charge in [-0.15, -0.1) is 0 Å². The van der Waals surface area contributed by atoms with Gasteiger partial charge in [-0.3, -0.25) is 10.4 Å². The van der Waals surface area contributed by atoms with Gasteiger partial charge in [0.2, 0.25) is 0 Å². The molecule has 0 radical (unpaired) electrons. The fourth-order valence-electron chi connectivity index (χ4n) is 1.13. The van der Waals surface area contributed by atoms with Crippen LogP contribution in [0.15, 0.2) is 28.5 Å². The first-order valence-corrected chi connectivity index (χ1v) is 3.49. The SMILES string of the molecule is CC1=CC2N=CNN2C=C1N. The van der Waals surface area contributed by atoms with Gasteiger partial charge in [0, 0.05) is 6.20 Å². The Labute approximate surface area is 65.1 Å². The van der Waals surface area contributed by atoms with E-state index in [1.54, 1.807) is 6.34 Å². The second kappa shape index (κ2) is 2.02. The van der Waals surface area contributed by atoms with Crippen molar-refractivity contribution in [2.24, 2.45) is 10.7 Å². The molecule has 2 aliphatic heterocycles. The maximum absolute atomic E-state index is 5.69. The van der Waals surface area contributed by atoms with E-state index in [1.807, 2.05) is 24.2 Å². The van der Waals surface area contributed by atoms with Gasteiger partial charge in [0.05, 0.1) is 5.70 Å². The number of allylic oxidation sites excluding steroid dienone is 1. The van der Waals surface area contributed by atoms with Crippen LogP contribution in [0.1, 0.15) is 6.92 Å². The molecular formula is C7H10N4. The molecule has 0 fully saturated rings. The van der Waals surface area contributed by atoms with E-state index < -0.39 is 0 Å². The van der Waals surface area contributed by atoms with Gasteiger partial charge < -0.3 is 5.73 Å². The standard InChI is InChI=1S/C7H10N4/c1-5-2-7-9-4-10-11(7)3-6(5)8/h2-4,7H,8H2,1H3,(H,9,10). The monoisotopic (exact) mass is 150 g/mol. The summed E-state index contributed by atoms with van der Waals surface area (Å²) in [5.74, 6) is 0. The Kier molecular flexibility index (Phi) is 1.15. The average molecular weight is 150 g/mol. The second-order valence-corrected chi connectivity index (χ2v) is 2.66. The van der Waals surface area contributed by atoms with Gasteiger partial charge in [0.25, 0.3) is 0 Å². The lowest BCUT2D eigenvalue weighted by atomic mass is 10.1. The van der Waals surface area contributed by atoms with Crippen molar-refractivity contribution in [3.8, 4) is 0 Å². The maximum Gasteiger partial charge on any atom is 0.160 e. The van der Waals surface area contributed by atoms with Crippen molar-refractivity contribution < 1.29 is 0 Å². The molecule has 2 heterocycles. The van der Waals surface area contributed by atoms with Crippen molar-refractivity contribution in [2.75, 3.05) is 0 Å². The lowest BCUT2D eigenvalue weighted by molar-refractivity contribution is 0.311. The molecule has 0 saturated heterocycles. The molecule has 1 unspecified atom stereocenters. The molecule has 2 rings (SSSR count). The molecule has 58 valence electrons. The smallest absolute Gasteiger partial charge is 0.160 e. The van der Waals surface area contributed by atoms with Crippen LogP contribution < -0.4 is 11.2 Å². The van der Waals surface area contributed by atoms with E-state index in [1.165, 1.54) is 0 Å². The molecule has 0 spiro atoms. The van der Waals surface area contributed by atoms with Crippen LogP contribution in [-0.2, 0) is 0 Å². The molecule has 2 aliphatic rings. The minimum atomic E-state index is 0.0994. The third-order valence-corrected chi connectivity index (χ3v) is 1.85. The van der Waals surface area contributed by atoms with Gasteiger partial charge in [-0.25, -0.2) is 4.99 Å². The first kappa shape index (κ1) is 6.27. The van der Waals surface area contributed by atoms with E-state index in [0.717, 1.165) is 11.3 Å². The van der Waals surface area contributed by atoms with Gasteiger partial charge >= 0.3 is 0 Å². The third kappa shape index (κ3) is 0.869. The molecule has 0 aromatic rings. The Morgan fingerprint density at radius 2 is 2.55 bits per heavy atom. The van der Waals surface area contributed by atoms with Crippen molar-refractivity contribution in [3.05, 3.63) is 23.5 Å². The molecule has 0 bridgehead atoms. The zero-order valence-electron chi connectivity index (χ0n) is 6.28. The molecule has 0 aromatic heterocycles. The molecule has 4 heteroatoms. The first-order valence-electron chi connectivity index (χ1n) is 3.49. The summed E-state index contributed by atoms with van der Waals surface area (Å²) in [6, 6.07) is 0. The van der Waals surface area contributed by atoms with Crippen LogP contribution in [0.25, 0.3) is 0 Å². The lowest BCUT2D eigenvalue weighted by Gasteiger charge is -2.23. The number of aliphatic imine (C=N–C) groups is 1. The highest BCUT2D eigenvalue weighted by Crippen LogP contribution is 2.17. The summed E-state index contributed by atoms with van der Waals surface area (Å²) in [6.07, 6.45) is 5.64. The minimum Gasteiger partial charge on any atom is -0.397 e. The fourth-order valence-corrected chi connectivity index (χ4v) is 1.13. The highest BCUT2D eigenvalue weighted by Gasteiger charge is 2.20. The van der Waals surface area contributed by atoms with Crippen LogP contribution in [-0.4, -0.2) is 17.5 Å². The summed E-state index contributed by atoms with van der Waals surface area (Å²) >= 11 is 0. The summed E-state index contributed by atoms with van der Waals surface area (Å²) in [6.45, 7) is 1.98. The van der Waals surface area contributed by atoms with E-state index >= 15 is 0 Å². The van der Waals surface area contributed by atoms with Crippen LogP contribution >= 0.6 is 0 Å². The van der Waals surface area contributed by atoms with E-state index in [2.05, 4.69) is 10.4 Å². The Bertz CT molecular complexity index is 264. The summed E-state index contributed by atoms with van der Waals surface area (Å²) in [5.41, 5.74) is 10.5. The molecule has 4 nitrogen and oxygen atoms in total. The number of nitrogens with one attached hydrogen (secondary N) is 1. The van der Waals surface area contributed by atoms with Crippen molar-refractivity contribution >= 4 is 6.34 Å². The zero-order chi connectivity index (χ0) is 7.84.